The SMILES string of the molecule is CC(OCCCNC(=O)c1ccc([N+](=O)[O-])s1)c1ccccc1. The summed E-state index contributed by atoms with van der Waals surface area (Å²) in [6.07, 6.45) is 0.683. The van der Waals surface area contributed by atoms with E-state index >= 15 is 0 Å². The second-order valence-corrected chi connectivity index (χ2v) is 5.99. The van der Waals surface area contributed by atoms with Crippen molar-refractivity contribution in [2.24, 2.45) is 0 Å². The van der Waals surface area contributed by atoms with Crippen molar-refractivity contribution in [3.8, 4) is 0 Å². The lowest BCUT2D eigenvalue weighted by molar-refractivity contribution is -0.380. The molecule has 1 atom stereocenters. The number of nitrogens with zero attached hydrogens (tertiary/aromatic N) is 1. The van der Waals surface area contributed by atoms with Gasteiger partial charge in [0.15, 0.2) is 0 Å². The number of rotatable bonds is 8. The Bertz CT molecular complexity index is 657. The van der Waals surface area contributed by atoms with Crippen molar-refractivity contribution >= 4 is 22.2 Å². The minimum Gasteiger partial charge on any atom is -0.374 e. The van der Waals surface area contributed by atoms with Gasteiger partial charge >= 0.3 is 5.00 Å². The quantitative estimate of drug-likeness (QED) is 0.455. The van der Waals surface area contributed by atoms with Gasteiger partial charge in [-0.05, 0) is 25.0 Å². The van der Waals surface area contributed by atoms with E-state index in [2.05, 4.69) is 5.32 Å². The molecule has 7 heteroatoms. The predicted octanol–water partition coefficient (Wildman–Crippen LogP) is 3.55. The largest absolute Gasteiger partial charge is 0.374 e. The fourth-order valence-electron chi connectivity index (χ4n) is 1.99. The van der Waals surface area contributed by atoms with Crippen LogP contribution in [0.5, 0.6) is 0 Å². The van der Waals surface area contributed by atoms with Crippen LogP contribution in [0.15, 0.2) is 42.5 Å². The highest BCUT2D eigenvalue weighted by atomic mass is 32.1. The van der Waals surface area contributed by atoms with Gasteiger partial charge in [0.25, 0.3) is 5.91 Å². The van der Waals surface area contributed by atoms with E-state index in [0.29, 0.717) is 24.4 Å². The van der Waals surface area contributed by atoms with Crippen LogP contribution in [0, 0.1) is 10.1 Å². The topological polar surface area (TPSA) is 81.5 Å². The fraction of sp³-hybridized carbons (Fsp3) is 0.312. The van der Waals surface area contributed by atoms with Crippen molar-refractivity contribution in [2.75, 3.05) is 13.2 Å². The highest BCUT2D eigenvalue weighted by Crippen LogP contribution is 2.23. The molecule has 0 saturated carbocycles. The standard InChI is InChI=1S/C16H18N2O4S/c1-12(13-6-3-2-4-7-13)22-11-5-10-17-16(19)14-8-9-15(23-14)18(20)21/h2-4,6-9,12H,5,10-11H2,1H3,(H,17,19). The Morgan fingerprint density at radius 3 is 2.70 bits per heavy atom. The molecule has 2 aromatic rings. The number of carbonyl (C=O) groups is 1. The molecular weight excluding hydrogens is 316 g/mol. The summed E-state index contributed by atoms with van der Waals surface area (Å²) in [4.78, 5) is 22.3. The van der Waals surface area contributed by atoms with Gasteiger partial charge in [0.1, 0.15) is 0 Å². The molecule has 0 aliphatic heterocycles. The van der Waals surface area contributed by atoms with E-state index in [4.69, 9.17) is 4.74 Å². The van der Waals surface area contributed by atoms with Crippen molar-refractivity contribution in [1.29, 1.82) is 0 Å². The van der Waals surface area contributed by atoms with E-state index in [1.807, 2.05) is 37.3 Å². The van der Waals surface area contributed by atoms with Crippen LogP contribution >= 0.6 is 11.3 Å². The van der Waals surface area contributed by atoms with Gasteiger partial charge in [0.2, 0.25) is 0 Å². The second-order valence-electron chi connectivity index (χ2n) is 4.93. The van der Waals surface area contributed by atoms with Crippen LogP contribution in [0.1, 0.15) is 34.7 Å². The molecule has 0 aliphatic rings. The zero-order valence-corrected chi connectivity index (χ0v) is 13.5. The van der Waals surface area contributed by atoms with Crippen molar-refractivity contribution < 1.29 is 14.5 Å². The Morgan fingerprint density at radius 1 is 1.30 bits per heavy atom. The highest BCUT2D eigenvalue weighted by Gasteiger charge is 2.14. The number of ether oxygens (including phenoxy) is 1. The zero-order valence-electron chi connectivity index (χ0n) is 12.7. The predicted molar refractivity (Wildman–Crippen MR) is 88.7 cm³/mol. The van der Waals surface area contributed by atoms with Gasteiger partial charge in [0.05, 0.1) is 15.9 Å². The van der Waals surface area contributed by atoms with Crippen LogP contribution in [0.25, 0.3) is 0 Å². The van der Waals surface area contributed by atoms with E-state index in [1.165, 1.54) is 12.1 Å². The molecule has 23 heavy (non-hydrogen) atoms. The summed E-state index contributed by atoms with van der Waals surface area (Å²) in [5.74, 6) is -0.292. The Balaban J connectivity index is 1.67. The average Bonchev–Trinajstić information content (AvgIpc) is 3.05. The maximum Gasteiger partial charge on any atom is 0.324 e. The van der Waals surface area contributed by atoms with E-state index in [9.17, 15) is 14.9 Å². The molecule has 0 saturated heterocycles. The minimum atomic E-state index is -0.500. The lowest BCUT2D eigenvalue weighted by atomic mass is 10.1. The van der Waals surface area contributed by atoms with Gasteiger partial charge in [-0.3, -0.25) is 14.9 Å². The minimum absolute atomic E-state index is 0.00634. The molecule has 1 heterocycles. The first-order chi connectivity index (χ1) is 11.1. The van der Waals surface area contributed by atoms with Crippen molar-refractivity contribution in [2.45, 2.75) is 19.4 Å². The van der Waals surface area contributed by atoms with Crippen LogP contribution in [0.3, 0.4) is 0 Å². The van der Waals surface area contributed by atoms with Crippen LogP contribution in [-0.2, 0) is 4.74 Å². The van der Waals surface area contributed by atoms with Gasteiger partial charge in [-0.1, -0.05) is 41.7 Å². The first kappa shape index (κ1) is 17.1. The summed E-state index contributed by atoms with van der Waals surface area (Å²) in [6.45, 7) is 2.98. The number of hydrogen-bond donors (Lipinski definition) is 1. The van der Waals surface area contributed by atoms with Crippen LogP contribution in [0.4, 0.5) is 5.00 Å². The molecule has 0 spiro atoms. The molecule has 6 nitrogen and oxygen atoms in total. The van der Waals surface area contributed by atoms with Crippen molar-refractivity contribution in [1.82, 2.24) is 5.32 Å². The van der Waals surface area contributed by atoms with E-state index in [0.717, 1.165) is 16.9 Å². The molecule has 0 radical (unpaired) electrons. The lowest BCUT2D eigenvalue weighted by Gasteiger charge is -2.13. The maximum atomic E-state index is 11.8. The van der Waals surface area contributed by atoms with Gasteiger partial charge < -0.3 is 10.1 Å². The van der Waals surface area contributed by atoms with Crippen LogP contribution < -0.4 is 5.32 Å². The second kappa shape index (κ2) is 8.40. The molecule has 1 aromatic heterocycles. The smallest absolute Gasteiger partial charge is 0.324 e. The number of thiophene rings is 1. The van der Waals surface area contributed by atoms with Crippen molar-refractivity contribution in [3.05, 3.63) is 63.0 Å². The van der Waals surface area contributed by atoms with Crippen LogP contribution in [0.2, 0.25) is 0 Å². The van der Waals surface area contributed by atoms with E-state index in [-0.39, 0.29) is 17.0 Å². The number of hydrogen-bond acceptors (Lipinski definition) is 5. The Hall–Kier alpha value is -2.25. The van der Waals surface area contributed by atoms with Gasteiger partial charge in [-0.2, -0.15) is 0 Å². The molecule has 1 N–H and O–H groups in total. The third-order valence-corrected chi connectivity index (χ3v) is 4.27. The summed E-state index contributed by atoms with van der Waals surface area (Å²) < 4.78 is 5.71. The summed E-state index contributed by atoms with van der Waals surface area (Å²) in [5.41, 5.74) is 1.11. The highest BCUT2D eigenvalue weighted by molar-refractivity contribution is 7.17. The van der Waals surface area contributed by atoms with E-state index in [1.54, 1.807) is 0 Å². The number of nitrogens with one attached hydrogen (secondary N) is 1. The first-order valence-corrected chi connectivity index (χ1v) is 8.08. The molecular formula is C16H18N2O4S. The molecule has 1 aromatic carbocycles. The Labute approximate surface area is 138 Å². The monoisotopic (exact) mass is 334 g/mol. The van der Waals surface area contributed by atoms with Crippen molar-refractivity contribution in [3.63, 3.8) is 0 Å². The summed E-state index contributed by atoms with van der Waals surface area (Å²) in [6, 6.07) is 12.7. The molecule has 1 amide bonds. The van der Waals surface area contributed by atoms with E-state index < -0.39 is 4.92 Å². The summed E-state index contributed by atoms with van der Waals surface area (Å²) >= 11 is 0.873. The molecule has 0 bridgehead atoms. The van der Waals surface area contributed by atoms with Gasteiger partial charge in [-0.25, -0.2) is 0 Å². The van der Waals surface area contributed by atoms with Gasteiger partial charge in [0, 0.05) is 19.2 Å². The third kappa shape index (κ3) is 5.15. The van der Waals surface area contributed by atoms with Crippen LogP contribution in [-0.4, -0.2) is 24.0 Å². The maximum absolute atomic E-state index is 11.8. The fourth-order valence-corrected chi connectivity index (χ4v) is 2.73. The molecule has 0 fully saturated rings. The van der Waals surface area contributed by atoms with Gasteiger partial charge in [-0.15, -0.1) is 0 Å². The first-order valence-electron chi connectivity index (χ1n) is 7.27. The molecule has 0 aliphatic carbocycles. The average molecular weight is 334 g/mol. The summed E-state index contributed by atoms with van der Waals surface area (Å²) in [7, 11) is 0. The third-order valence-electron chi connectivity index (χ3n) is 3.24. The number of nitro groups is 1. The normalized spacial score (nSPS) is 11.9. The molecule has 1 unspecified atom stereocenters. The number of carbonyl (C=O) groups excluding carboxylic acids is 1. The molecule has 122 valence electrons. The zero-order chi connectivity index (χ0) is 16.7. The lowest BCUT2D eigenvalue weighted by Crippen LogP contribution is -2.24. The molecule has 2 rings (SSSR count). The number of benzene rings is 1. The Kier molecular flexibility index (Phi) is 6.25. The summed E-state index contributed by atoms with van der Waals surface area (Å²) in [5, 5.41) is 13.3. The Morgan fingerprint density at radius 2 is 2.04 bits per heavy atom. The number of amides is 1.